The Bertz CT molecular complexity index is 650. The highest BCUT2D eigenvalue weighted by atomic mass is 16.5. The van der Waals surface area contributed by atoms with Gasteiger partial charge in [0, 0.05) is 6.04 Å². The molecule has 1 aromatic carbocycles. The zero-order valence-corrected chi connectivity index (χ0v) is 14.0. The molecule has 0 spiro atoms. The van der Waals surface area contributed by atoms with E-state index in [2.05, 4.69) is 20.1 Å². The van der Waals surface area contributed by atoms with Gasteiger partial charge in [0.1, 0.15) is 12.1 Å². The smallest absolute Gasteiger partial charge is 0.224 e. The SMILES string of the molecule is C[C@@H](NC(=O)CCOc1ccccc1)c1nncn1C1CCCC1. The quantitative estimate of drug-likeness (QED) is 0.848. The van der Waals surface area contributed by atoms with Gasteiger partial charge in [0.25, 0.3) is 0 Å². The average molecular weight is 328 g/mol. The maximum atomic E-state index is 12.1. The molecule has 1 N–H and O–H groups in total. The largest absolute Gasteiger partial charge is 0.493 e. The highest BCUT2D eigenvalue weighted by Gasteiger charge is 2.23. The predicted octanol–water partition coefficient (Wildman–Crippen LogP) is 3.04. The van der Waals surface area contributed by atoms with E-state index in [-0.39, 0.29) is 11.9 Å². The average Bonchev–Trinajstić information content (AvgIpc) is 3.27. The molecular weight excluding hydrogens is 304 g/mol. The molecular formula is C18H24N4O2. The van der Waals surface area contributed by atoms with Crippen LogP contribution in [0.3, 0.4) is 0 Å². The minimum atomic E-state index is -0.155. The lowest BCUT2D eigenvalue weighted by molar-refractivity contribution is -0.122. The van der Waals surface area contributed by atoms with Gasteiger partial charge in [-0.1, -0.05) is 31.0 Å². The lowest BCUT2D eigenvalue weighted by Gasteiger charge is -2.18. The second-order valence-electron chi connectivity index (χ2n) is 6.24. The molecule has 0 radical (unpaired) electrons. The Labute approximate surface area is 142 Å². The van der Waals surface area contributed by atoms with Crippen molar-refractivity contribution in [3.05, 3.63) is 42.5 Å². The molecule has 24 heavy (non-hydrogen) atoms. The molecule has 1 aliphatic carbocycles. The molecule has 0 saturated heterocycles. The van der Waals surface area contributed by atoms with Crippen LogP contribution in [0.2, 0.25) is 0 Å². The highest BCUT2D eigenvalue weighted by molar-refractivity contribution is 5.76. The van der Waals surface area contributed by atoms with Gasteiger partial charge >= 0.3 is 0 Å². The van der Waals surface area contributed by atoms with Crippen LogP contribution in [0.1, 0.15) is 56.9 Å². The van der Waals surface area contributed by atoms with Gasteiger partial charge in [0.15, 0.2) is 5.82 Å². The summed E-state index contributed by atoms with van der Waals surface area (Å²) >= 11 is 0. The van der Waals surface area contributed by atoms with E-state index in [1.165, 1.54) is 12.8 Å². The van der Waals surface area contributed by atoms with Crippen molar-refractivity contribution in [3.8, 4) is 5.75 Å². The van der Waals surface area contributed by atoms with E-state index in [9.17, 15) is 4.79 Å². The number of carbonyl (C=O) groups excluding carboxylic acids is 1. The molecule has 0 unspecified atom stereocenters. The molecule has 2 aromatic rings. The van der Waals surface area contributed by atoms with Gasteiger partial charge in [-0.15, -0.1) is 10.2 Å². The van der Waals surface area contributed by atoms with Crippen LogP contribution in [-0.2, 0) is 4.79 Å². The molecule has 1 atom stereocenters. The Kier molecular flexibility index (Phi) is 5.46. The predicted molar refractivity (Wildman–Crippen MR) is 90.6 cm³/mol. The summed E-state index contributed by atoms with van der Waals surface area (Å²) in [5.41, 5.74) is 0. The van der Waals surface area contributed by atoms with Gasteiger partial charge in [0.05, 0.1) is 19.1 Å². The number of nitrogens with one attached hydrogen (secondary N) is 1. The zero-order valence-electron chi connectivity index (χ0n) is 14.0. The molecule has 1 fully saturated rings. The van der Waals surface area contributed by atoms with Crippen molar-refractivity contribution in [2.45, 2.75) is 51.1 Å². The summed E-state index contributed by atoms with van der Waals surface area (Å²) in [6, 6.07) is 9.82. The van der Waals surface area contributed by atoms with Crippen molar-refractivity contribution in [2.75, 3.05) is 6.61 Å². The Morgan fingerprint density at radius 2 is 2.08 bits per heavy atom. The lowest BCUT2D eigenvalue weighted by atomic mass is 10.2. The molecule has 6 heteroatoms. The van der Waals surface area contributed by atoms with Gasteiger partial charge in [-0.05, 0) is 31.9 Å². The van der Waals surface area contributed by atoms with Crippen molar-refractivity contribution in [3.63, 3.8) is 0 Å². The van der Waals surface area contributed by atoms with Crippen LogP contribution in [0.25, 0.3) is 0 Å². The summed E-state index contributed by atoms with van der Waals surface area (Å²) in [7, 11) is 0. The second-order valence-corrected chi connectivity index (χ2v) is 6.24. The summed E-state index contributed by atoms with van der Waals surface area (Å²) in [6.45, 7) is 2.31. The molecule has 0 bridgehead atoms. The Hall–Kier alpha value is -2.37. The first-order chi connectivity index (χ1) is 11.7. The van der Waals surface area contributed by atoms with Crippen LogP contribution in [0, 0.1) is 0 Å². The second kappa shape index (κ2) is 7.95. The number of hydrogen-bond acceptors (Lipinski definition) is 4. The van der Waals surface area contributed by atoms with Crippen LogP contribution in [-0.4, -0.2) is 27.3 Å². The van der Waals surface area contributed by atoms with Crippen LogP contribution in [0.15, 0.2) is 36.7 Å². The van der Waals surface area contributed by atoms with Crippen molar-refractivity contribution in [1.82, 2.24) is 20.1 Å². The van der Waals surface area contributed by atoms with Crippen molar-refractivity contribution in [2.24, 2.45) is 0 Å². The third-order valence-corrected chi connectivity index (χ3v) is 4.42. The summed E-state index contributed by atoms with van der Waals surface area (Å²) in [5.74, 6) is 1.57. The Morgan fingerprint density at radius 3 is 2.83 bits per heavy atom. The molecule has 6 nitrogen and oxygen atoms in total. The standard InChI is InChI=1S/C18H24N4O2/c1-14(18-21-19-13-22(18)15-7-5-6-8-15)20-17(23)11-12-24-16-9-3-2-4-10-16/h2-4,9-10,13-15H,5-8,11-12H2,1H3,(H,20,23)/t14-/m1/s1. The summed E-state index contributed by atoms with van der Waals surface area (Å²) in [4.78, 5) is 12.1. The monoisotopic (exact) mass is 328 g/mol. The Morgan fingerprint density at radius 1 is 1.33 bits per heavy atom. The minimum Gasteiger partial charge on any atom is -0.493 e. The number of para-hydroxylation sites is 1. The van der Waals surface area contributed by atoms with Gasteiger partial charge in [-0.25, -0.2) is 0 Å². The molecule has 1 heterocycles. The third kappa shape index (κ3) is 4.13. The summed E-state index contributed by atoms with van der Waals surface area (Å²) in [6.07, 6.45) is 6.93. The maximum Gasteiger partial charge on any atom is 0.224 e. The molecule has 1 aromatic heterocycles. The number of ether oxygens (including phenoxy) is 1. The van der Waals surface area contributed by atoms with E-state index in [0.717, 1.165) is 24.4 Å². The molecule has 3 rings (SSSR count). The van der Waals surface area contributed by atoms with Gasteiger partial charge < -0.3 is 14.6 Å². The number of rotatable bonds is 7. The molecule has 1 aliphatic rings. The van der Waals surface area contributed by atoms with E-state index < -0.39 is 0 Å². The maximum absolute atomic E-state index is 12.1. The topological polar surface area (TPSA) is 69.0 Å². The fraction of sp³-hybridized carbons (Fsp3) is 0.500. The first-order valence-electron chi connectivity index (χ1n) is 8.60. The van der Waals surface area contributed by atoms with E-state index in [0.29, 0.717) is 19.1 Å². The fourth-order valence-electron chi connectivity index (χ4n) is 3.18. The van der Waals surface area contributed by atoms with Crippen LogP contribution in [0.5, 0.6) is 5.75 Å². The first kappa shape index (κ1) is 16.5. The van der Waals surface area contributed by atoms with E-state index in [1.807, 2.05) is 37.3 Å². The molecule has 1 amide bonds. The number of carbonyl (C=O) groups is 1. The van der Waals surface area contributed by atoms with Gasteiger partial charge in [-0.3, -0.25) is 4.79 Å². The number of nitrogens with zero attached hydrogens (tertiary/aromatic N) is 3. The Balaban J connectivity index is 1.48. The minimum absolute atomic E-state index is 0.0422. The summed E-state index contributed by atoms with van der Waals surface area (Å²) < 4.78 is 7.68. The van der Waals surface area contributed by atoms with E-state index in [4.69, 9.17) is 4.74 Å². The van der Waals surface area contributed by atoms with Crippen LogP contribution in [0.4, 0.5) is 0 Å². The number of amides is 1. The van der Waals surface area contributed by atoms with Crippen LogP contribution < -0.4 is 10.1 Å². The zero-order chi connectivity index (χ0) is 16.8. The first-order valence-corrected chi connectivity index (χ1v) is 8.60. The highest BCUT2D eigenvalue weighted by Crippen LogP contribution is 2.31. The number of hydrogen-bond donors (Lipinski definition) is 1. The molecule has 128 valence electrons. The van der Waals surface area contributed by atoms with Crippen molar-refractivity contribution >= 4 is 5.91 Å². The van der Waals surface area contributed by atoms with Crippen LogP contribution >= 0.6 is 0 Å². The number of aromatic nitrogens is 3. The molecule has 0 aliphatic heterocycles. The van der Waals surface area contributed by atoms with Crippen molar-refractivity contribution < 1.29 is 9.53 Å². The molecule has 1 saturated carbocycles. The van der Waals surface area contributed by atoms with E-state index >= 15 is 0 Å². The normalized spacial score (nSPS) is 16.0. The summed E-state index contributed by atoms with van der Waals surface area (Å²) in [5, 5.41) is 11.2. The fourth-order valence-corrected chi connectivity index (χ4v) is 3.18. The van der Waals surface area contributed by atoms with E-state index in [1.54, 1.807) is 6.33 Å². The number of benzene rings is 1. The van der Waals surface area contributed by atoms with Gasteiger partial charge in [-0.2, -0.15) is 0 Å². The van der Waals surface area contributed by atoms with Crippen molar-refractivity contribution in [1.29, 1.82) is 0 Å². The third-order valence-electron chi connectivity index (χ3n) is 4.42. The lowest BCUT2D eigenvalue weighted by Crippen LogP contribution is -2.30. The van der Waals surface area contributed by atoms with Gasteiger partial charge in [0.2, 0.25) is 5.91 Å².